The third-order valence-electron chi connectivity index (χ3n) is 3.04. The van der Waals surface area contributed by atoms with Gasteiger partial charge < -0.3 is 10.2 Å². The predicted molar refractivity (Wildman–Crippen MR) is 61.9 cm³/mol. The van der Waals surface area contributed by atoms with Crippen molar-refractivity contribution in [1.29, 1.82) is 0 Å². The Kier molecular flexibility index (Phi) is 3.78. The van der Waals surface area contributed by atoms with E-state index in [2.05, 4.69) is 10.1 Å². The molecule has 0 aliphatic carbocycles. The zero-order chi connectivity index (χ0) is 14.9. The molecule has 1 unspecified atom stereocenters. The van der Waals surface area contributed by atoms with E-state index in [-0.39, 0.29) is 6.54 Å². The molecule has 1 aromatic carbocycles. The molecule has 0 saturated carbocycles. The highest BCUT2D eigenvalue weighted by atomic mass is 19.2. The number of rotatable bonds is 4. The van der Waals surface area contributed by atoms with E-state index >= 15 is 0 Å². The molecule has 20 heavy (non-hydrogen) atoms. The summed E-state index contributed by atoms with van der Waals surface area (Å²) < 4.78 is 41.1. The van der Waals surface area contributed by atoms with E-state index in [1.807, 2.05) is 0 Å². The lowest BCUT2D eigenvalue weighted by atomic mass is 9.88. The lowest BCUT2D eigenvalue weighted by molar-refractivity contribution is -0.0876. The minimum Gasteiger partial charge on any atom is -0.390 e. The number of aliphatic hydroxyl groups is 2. The van der Waals surface area contributed by atoms with E-state index in [4.69, 9.17) is 0 Å². The summed E-state index contributed by atoms with van der Waals surface area (Å²) in [7, 11) is 0. The van der Waals surface area contributed by atoms with Gasteiger partial charge in [0.15, 0.2) is 11.6 Å². The fraction of sp³-hybridized carbons (Fsp3) is 0.333. The number of nitrogens with zero attached hydrogens (tertiary/aromatic N) is 3. The highest BCUT2D eigenvalue weighted by molar-refractivity contribution is 5.27. The molecule has 0 bridgehead atoms. The Hall–Kier alpha value is -1.93. The lowest BCUT2D eigenvalue weighted by Crippen LogP contribution is -2.42. The summed E-state index contributed by atoms with van der Waals surface area (Å²) >= 11 is 0. The van der Waals surface area contributed by atoms with Gasteiger partial charge in [-0.25, -0.2) is 22.8 Å². The second-order valence-corrected chi connectivity index (χ2v) is 4.44. The van der Waals surface area contributed by atoms with Crippen molar-refractivity contribution in [3.05, 3.63) is 47.8 Å². The Labute approximate surface area is 112 Å². The number of aliphatic hydroxyl groups excluding tert-OH is 1. The molecule has 1 heterocycles. The highest BCUT2D eigenvalue weighted by Gasteiger charge is 2.39. The summed E-state index contributed by atoms with van der Waals surface area (Å²) in [6, 6.07) is 0.841. The van der Waals surface area contributed by atoms with Crippen molar-refractivity contribution < 1.29 is 23.4 Å². The Bertz CT molecular complexity index is 604. The van der Waals surface area contributed by atoms with E-state index < -0.39 is 34.7 Å². The Morgan fingerprint density at radius 2 is 1.90 bits per heavy atom. The van der Waals surface area contributed by atoms with Crippen molar-refractivity contribution in [1.82, 2.24) is 14.8 Å². The minimum absolute atomic E-state index is 0.319. The van der Waals surface area contributed by atoms with Crippen LogP contribution in [0.3, 0.4) is 0 Å². The van der Waals surface area contributed by atoms with E-state index in [0.717, 1.165) is 4.68 Å². The van der Waals surface area contributed by atoms with E-state index in [1.165, 1.54) is 19.6 Å². The topological polar surface area (TPSA) is 71.2 Å². The summed E-state index contributed by atoms with van der Waals surface area (Å²) in [5.41, 5.74) is -2.73. The average Bonchev–Trinajstić information content (AvgIpc) is 2.86. The largest absolute Gasteiger partial charge is 0.390 e. The standard InChI is InChI=1S/C12H12F3N3O2/c1-7(19)12(20,4-18-6-16-5-17-18)8-2-10(14)11(15)3-9(8)13/h2-3,5-7,19-20H,4H2,1H3/t7-,12?/m1/s1. The van der Waals surface area contributed by atoms with Crippen molar-refractivity contribution in [2.75, 3.05) is 0 Å². The van der Waals surface area contributed by atoms with Crippen LogP contribution < -0.4 is 0 Å². The fourth-order valence-corrected chi connectivity index (χ4v) is 1.86. The highest BCUT2D eigenvalue weighted by Crippen LogP contribution is 2.30. The summed E-state index contributed by atoms with van der Waals surface area (Å²) in [5.74, 6) is -3.86. The third kappa shape index (κ3) is 2.52. The zero-order valence-electron chi connectivity index (χ0n) is 10.5. The van der Waals surface area contributed by atoms with Crippen molar-refractivity contribution >= 4 is 0 Å². The van der Waals surface area contributed by atoms with Gasteiger partial charge in [0.1, 0.15) is 24.1 Å². The van der Waals surface area contributed by atoms with Gasteiger partial charge in [0.25, 0.3) is 0 Å². The molecule has 0 amide bonds. The summed E-state index contributed by atoms with van der Waals surface area (Å²) in [6.07, 6.45) is 0.973. The molecule has 0 radical (unpaired) electrons. The van der Waals surface area contributed by atoms with Gasteiger partial charge in [-0.1, -0.05) is 0 Å². The molecule has 0 aliphatic heterocycles. The van der Waals surface area contributed by atoms with Gasteiger partial charge in [-0.05, 0) is 13.0 Å². The maximum atomic E-state index is 13.8. The van der Waals surface area contributed by atoms with Crippen LogP contribution in [0.25, 0.3) is 0 Å². The molecular weight excluding hydrogens is 275 g/mol. The first-order chi connectivity index (χ1) is 9.34. The van der Waals surface area contributed by atoms with Crippen LogP contribution >= 0.6 is 0 Å². The first-order valence-corrected chi connectivity index (χ1v) is 5.72. The summed E-state index contributed by atoms with van der Waals surface area (Å²) in [5, 5.41) is 23.9. The van der Waals surface area contributed by atoms with Crippen molar-refractivity contribution in [3.8, 4) is 0 Å². The molecule has 2 N–H and O–H groups in total. The van der Waals surface area contributed by atoms with Crippen molar-refractivity contribution in [2.45, 2.75) is 25.2 Å². The number of hydrogen-bond donors (Lipinski definition) is 2. The van der Waals surface area contributed by atoms with Gasteiger partial charge >= 0.3 is 0 Å². The van der Waals surface area contributed by atoms with Crippen LogP contribution in [0, 0.1) is 17.5 Å². The Morgan fingerprint density at radius 3 is 2.45 bits per heavy atom. The van der Waals surface area contributed by atoms with Crippen LogP contribution in [0.2, 0.25) is 0 Å². The molecule has 2 atom stereocenters. The monoisotopic (exact) mass is 287 g/mol. The lowest BCUT2D eigenvalue weighted by Gasteiger charge is -2.31. The number of halogens is 3. The molecule has 8 heteroatoms. The first-order valence-electron chi connectivity index (χ1n) is 5.72. The molecule has 2 aromatic rings. The van der Waals surface area contributed by atoms with Crippen molar-refractivity contribution in [3.63, 3.8) is 0 Å². The quantitative estimate of drug-likeness (QED) is 0.822. The Balaban J connectivity index is 2.50. The van der Waals surface area contributed by atoms with E-state index in [0.29, 0.717) is 12.1 Å². The Morgan fingerprint density at radius 1 is 1.25 bits per heavy atom. The van der Waals surface area contributed by atoms with Crippen LogP contribution in [0.15, 0.2) is 24.8 Å². The third-order valence-corrected chi connectivity index (χ3v) is 3.04. The van der Waals surface area contributed by atoms with Gasteiger partial charge in [-0.2, -0.15) is 5.10 Å². The SMILES string of the molecule is C[C@@H](O)C(O)(Cn1cncn1)c1cc(F)c(F)cc1F. The first kappa shape index (κ1) is 14.5. The smallest absolute Gasteiger partial charge is 0.161 e. The van der Waals surface area contributed by atoms with Crippen LogP contribution in [0.5, 0.6) is 0 Å². The maximum Gasteiger partial charge on any atom is 0.161 e. The van der Waals surface area contributed by atoms with Crippen LogP contribution in [-0.4, -0.2) is 31.1 Å². The van der Waals surface area contributed by atoms with Gasteiger partial charge in [-0.3, -0.25) is 0 Å². The minimum atomic E-state index is -2.17. The van der Waals surface area contributed by atoms with E-state index in [1.54, 1.807) is 0 Å². The molecule has 0 fully saturated rings. The second-order valence-electron chi connectivity index (χ2n) is 4.44. The number of hydrogen-bond acceptors (Lipinski definition) is 4. The van der Waals surface area contributed by atoms with Gasteiger partial charge in [0.2, 0.25) is 0 Å². The van der Waals surface area contributed by atoms with Crippen LogP contribution in [-0.2, 0) is 12.1 Å². The zero-order valence-corrected chi connectivity index (χ0v) is 10.5. The molecule has 2 rings (SSSR count). The summed E-state index contributed by atoms with van der Waals surface area (Å²) in [4.78, 5) is 3.64. The molecule has 0 spiro atoms. The van der Waals surface area contributed by atoms with Crippen LogP contribution in [0.1, 0.15) is 12.5 Å². The molecular formula is C12H12F3N3O2. The molecule has 0 aliphatic rings. The molecule has 1 aromatic heterocycles. The molecule has 5 nitrogen and oxygen atoms in total. The molecule has 0 saturated heterocycles. The summed E-state index contributed by atoms with van der Waals surface area (Å²) in [6.45, 7) is 0.838. The van der Waals surface area contributed by atoms with Crippen molar-refractivity contribution in [2.24, 2.45) is 0 Å². The number of aromatic nitrogens is 3. The average molecular weight is 287 g/mol. The van der Waals surface area contributed by atoms with Gasteiger partial charge in [0.05, 0.1) is 12.6 Å². The van der Waals surface area contributed by atoms with Gasteiger partial charge in [0, 0.05) is 11.6 Å². The van der Waals surface area contributed by atoms with Gasteiger partial charge in [-0.15, -0.1) is 0 Å². The molecule has 108 valence electrons. The number of benzene rings is 1. The maximum absolute atomic E-state index is 13.8. The van der Waals surface area contributed by atoms with E-state index in [9.17, 15) is 23.4 Å². The fourth-order valence-electron chi connectivity index (χ4n) is 1.86. The van der Waals surface area contributed by atoms with Crippen LogP contribution in [0.4, 0.5) is 13.2 Å². The predicted octanol–water partition coefficient (Wildman–Crippen LogP) is 0.964. The normalized spacial score (nSPS) is 15.9. The second kappa shape index (κ2) is 5.22.